The van der Waals surface area contributed by atoms with Gasteiger partial charge in [-0.3, -0.25) is 4.79 Å². The third kappa shape index (κ3) is 3.55. The molecule has 0 heterocycles. The number of nitrogens with one attached hydrogen (secondary N) is 1. The minimum absolute atomic E-state index is 0.256. The molecule has 1 rings (SSSR count). The molecule has 0 amide bonds. The summed E-state index contributed by atoms with van der Waals surface area (Å²) in [6, 6.07) is 7.39. The highest BCUT2D eigenvalue weighted by Gasteiger charge is 2.11. The third-order valence-corrected chi connectivity index (χ3v) is 2.33. The van der Waals surface area contributed by atoms with E-state index in [-0.39, 0.29) is 12.0 Å². The Morgan fingerprint density at radius 2 is 1.94 bits per heavy atom. The molecule has 1 N–H and O–H groups in total. The van der Waals surface area contributed by atoms with Gasteiger partial charge in [0.05, 0.1) is 14.2 Å². The number of esters is 1. The second-order valence-electron chi connectivity index (χ2n) is 3.47. The smallest absolute Gasteiger partial charge is 0.322 e. The van der Waals surface area contributed by atoms with E-state index >= 15 is 0 Å². The molecule has 1 unspecified atom stereocenters. The Hall–Kier alpha value is -1.55. The van der Waals surface area contributed by atoms with Gasteiger partial charge >= 0.3 is 5.97 Å². The summed E-state index contributed by atoms with van der Waals surface area (Å²) < 4.78 is 9.67. The Morgan fingerprint density at radius 3 is 2.44 bits per heavy atom. The zero-order chi connectivity index (χ0) is 12.0. The van der Waals surface area contributed by atoms with Crippen molar-refractivity contribution >= 4 is 5.97 Å². The molecule has 0 spiro atoms. The topological polar surface area (TPSA) is 47.6 Å². The molecule has 1 atom stereocenters. The largest absolute Gasteiger partial charge is 0.497 e. The molecule has 16 heavy (non-hydrogen) atoms. The highest BCUT2D eigenvalue weighted by atomic mass is 16.5. The highest BCUT2D eigenvalue weighted by molar-refractivity contribution is 5.75. The van der Waals surface area contributed by atoms with Gasteiger partial charge in [-0.05, 0) is 24.6 Å². The fraction of sp³-hybridized carbons (Fsp3) is 0.417. The molecule has 0 saturated heterocycles. The van der Waals surface area contributed by atoms with E-state index in [0.29, 0.717) is 6.54 Å². The molecular weight excluding hydrogens is 206 g/mol. The SMILES string of the molecule is COC(=O)C(C)NCc1ccc(OC)cc1. The van der Waals surface area contributed by atoms with Crippen molar-refractivity contribution in [1.29, 1.82) is 0 Å². The first kappa shape index (κ1) is 12.5. The average Bonchev–Trinajstić information content (AvgIpc) is 2.35. The van der Waals surface area contributed by atoms with Crippen LogP contribution in [0.1, 0.15) is 12.5 Å². The predicted octanol–water partition coefficient (Wildman–Crippen LogP) is 1.35. The number of carbonyl (C=O) groups excluding carboxylic acids is 1. The van der Waals surface area contributed by atoms with E-state index in [4.69, 9.17) is 4.74 Å². The lowest BCUT2D eigenvalue weighted by atomic mass is 10.2. The maximum Gasteiger partial charge on any atom is 0.322 e. The standard InChI is InChI=1S/C12H17NO3/c1-9(12(14)16-3)13-8-10-4-6-11(15-2)7-5-10/h4-7,9,13H,8H2,1-3H3. The number of hydrogen-bond donors (Lipinski definition) is 1. The minimum atomic E-state index is -0.299. The van der Waals surface area contributed by atoms with Crippen molar-refractivity contribution < 1.29 is 14.3 Å². The number of hydrogen-bond acceptors (Lipinski definition) is 4. The van der Waals surface area contributed by atoms with Gasteiger partial charge in [0.2, 0.25) is 0 Å². The molecular formula is C12H17NO3. The first-order valence-corrected chi connectivity index (χ1v) is 5.11. The van der Waals surface area contributed by atoms with Crippen LogP contribution in [0.25, 0.3) is 0 Å². The molecule has 4 heteroatoms. The average molecular weight is 223 g/mol. The van der Waals surface area contributed by atoms with E-state index in [1.54, 1.807) is 14.0 Å². The molecule has 4 nitrogen and oxygen atoms in total. The minimum Gasteiger partial charge on any atom is -0.497 e. The Morgan fingerprint density at radius 1 is 1.31 bits per heavy atom. The van der Waals surface area contributed by atoms with Crippen LogP contribution in [0, 0.1) is 0 Å². The van der Waals surface area contributed by atoms with Gasteiger partial charge in [-0.15, -0.1) is 0 Å². The van der Waals surface area contributed by atoms with Gasteiger partial charge in [-0.1, -0.05) is 12.1 Å². The molecule has 88 valence electrons. The monoisotopic (exact) mass is 223 g/mol. The van der Waals surface area contributed by atoms with E-state index in [2.05, 4.69) is 10.1 Å². The van der Waals surface area contributed by atoms with Crippen LogP contribution in [0.2, 0.25) is 0 Å². The maximum atomic E-state index is 11.1. The molecule has 0 aliphatic heterocycles. The Labute approximate surface area is 95.6 Å². The van der Waals surface area contributed by atoms with Gasteiger partial charge in [-0.25, -0.2) is 0 Å². The fourth-order valence-electron chi connectivity index (χ4n) is 1.27. The Kier molecular flexibility index (Phi) is 4.79. The van der Waals surface area contributed by atoms with Gasteiger partial charge in [0, 0.05) is 6.54 Å². The molecule has 0 aliphatic carbocycles. The summed E-state index contributed by atoms with van der Waals surface area (Å²) in [5.74, 6) is 0.568. The van der Waals surface area contributed by atoms with Gasteiger partial charge < -0.3 is 14.8 Å². The number of rotatable bonds is 5. The molecule has 1 aromatic carbocycles. The normalized spacial score (nSPS) is 11.9. The van der Waals surface area contributed by atoms with Crippen LogP contribution >= 0.6 is 0 Å². The van der Waals surface area contributed by atoms with E-state index in [1.807, 2.05) is 24.3 Å². The molecule has 0 saturated carbocycles. The maximum absolute atomic E-state index is 11.1. The summed E-state index contributed by atoms with van der Waals surface area (Å²) in [4.78, 5) is 11.1. The van der Waals surface area contributed by atoms with Crippen LogP contribution in [0.5, 0.6) is 5.75 Å². The lowest BCUT2D eigenvalue weighted by Gasteiger charge is -2.11. The first-order valence-electron chi connectivity index (χ1n) is 5.11. The Bertz CT molecular complexity index is 335. The van der Waals surface area contributed by atoms with Crippen LogP contribution in [0.4, 0.5) is 0 Å². The molecule has 0 radical (unpaired) electrons. The summed E-state index contributed by atoms with van der Waals surface area (Å²) in [5, 5.41) is 3.07. The van der Waals surface area contributed by atoms with Crippen molar-refractivity contribution in [2.45, 2.75) is 19.5 Å². The highest BCUT2D eigenvalue weighted by Crippen LogP contribution is 2.11. The molecule has 0 aliphatic rings. The van der Waals surface area contributed by atoms with Crippen molar-refractivity contribution in [3.05, 3.63) is 29.8 Å². The number of ether oxygens (including phenoxy) is 2. The van der Waals surface area contributed by atoms with Crippen LogP contribution in [0.3, 0.4) is 0 Å². The van der Waals surface area contributed by atoms with Gasteiger partial charge in [0.15, 0.2) is 0 Å². The van der Waals surface area contributed by atoms with Crippen LogP contribution in [-0.4, -0.2) is 26.2 Å². The zero-order valence-corrected chi connectivity index (χ0v) is 9.82. The number of benzene rings is 1. The van der Waals surface area contributed by atoms with Crippen molar-refractivity contribution in [3.63, 3.8) is 0 Å². The summed E-state index contributed by atoms with van der Waals surface area (Å²) >= 11 is 0. The molecule has 0 bridgehead atoms. The lowest BCUT2D eigenvalue weighted by Crippen LogP contribution is -2.34. The van der Waals surface area contributed by atoms with Crippen LogP contribution < -0.4 is 10.1 Å². The lowest BCUT2D eigenvalue weighted by molar-refractivity contribution is -0.142. The molecule has 1 aromatic rings. The van der Waals surface area contributed by atoms with Crippen molar-refractivity contribution in [2.75, 3.05) is 14.2 Å². The van der Waals surface area contributed by atoms with E-state index in [9.17, 15) is 4.79 Å². The molecule has 0 aromatic heterocycles. The first-order chi connectivity index (χ1) is 7.67. The summed E-state index contributed by atoms with van der Waals surface area (Å²) in [6.45, 7) is 2.40. The van der Waals surface area contributed by atoms with Crippen LogP contribution in [0.15, 0.2) is 24.3 Å². The van der Waals surface area contributed by atoms with E-state index in [0.717, 1.165) is 11.3 Å². The molecule has 0 fully saturated rings. The van der Waals surface area contributed by atoms with Crippen molar-refractivity contribution in [1.82, 2.24) is 5.32 Å². The van der Waals surface area contributed by atoms with E-state index < -0.39 is 0 Å². The van der Waals surface area contributed by atoms with Crippen molar-refractivity contribution in [2.24, 2.45) is 0 Å². The predicted molar refractivity (Wildman–Crippen MR) is 61.3 cm³/mol. The van der Waals surface area contributed by atoms with Gasteiger partial charge in [-0.2, -0.15) is 0 Å². The third-order valence-electron chi connectivity index (χ3n) is 2.33. The van der Waals surface area contributed by atoms with Crippen LogP contribution in [-0.2, 0) is 16.1 Å². The summed E-state index contributed by atoms with van der Waals surface area (Å²) in [5.41, 5.74) is 1.09. The fourth-order valence-corrected chi connectivity index (χ4v) is 1.27. The number of methoxy groups -OCH3 is 2. The van der Waals surface area contributed by atoms with Gasteiger partial charge in [0.1, 0.15) is 11.8 Å². The number of carbonyl (C=O) groups is 1. The zero-order valence-electron chi connectivity index (χ0n) is 9.82. The van der Waals surface area contributed by atoms with Gasteiger partial charge in [0.25, 0.3) is 0 Å². The quantitative estimate of drug-likeness (QED) is 0.765. The second kappa shape index (κ2) is 6.12. The van der Waals surface area contributed by atoms with E-state index in [1.165, 1.54) is 7.11 Å². The second-order valence-corrected chi connectivity index (χ2v) is 3.47. The summed E-state index contributed by atoms with van der Waals surface area (Å²) in [7, 11) is 3.01. The van der Waals surface area contributed by atoms with Crippen molar-refractivity contribution in [3.8, 4) is 5.75 Å². The Balaban J connectivity index is 2.45. The summed E-state index contributed by atoms with van der Waals surface area (Å²) in [6.07, 6.45) is 0.